The van der Waals surface area contributed by atoms with E-state index in [1.807, 2.05) is 0 Å². The second-order valence-corrected chi connectivity index (χ2v) is 6.97. The van der Waals surface area contributed by atoms with E-state index >= 15 is 0 Å². The number of hydrogen-bond donors (Lipinski definition) is 1. The normalized spacial score (nSPS) is 43.6. The maximum absolute atomic E-state index is 6.13. The van der Waals surface area contributed by atoms with Crippen LogP contribution in [0.5, 0.6) is 0 Å². The molecule has 0 amide bonds. The molecule has 6 unspecified atom stereocenters. The van der Waals surface area contributed by atoms with Crippen LogP contribution in [0.2, 0.25) is 0 Å². The first kappa shape index (κ1) is 13.9. The molecular formula is C17H31NO. The molecule has 19 heavy (non-hydrogen) atoms. The Labute approximate surface area is 118 Å². The molecule has 0 radical (unpaired) electrons. The van der Waals surface area contributed by atoms with E-state index in [0.29, 0.717) is 12.2 Å². The van der Waals surface area contributed by atoms with Gasteiger partial charge in [0.1, 0.15) is 0 Å². The van der Waals surface area contributed by atoms with E-state index in [1.54, 1.807) is 0 Å². The van der Waals surface area contributed by atoms with Crippen LogP contribution >= 0.6 is 0 Å². The van der Waals surface area contributed by atoms with Gasteiger partial charge in [-0.1, -0.05) is 39.5 Å². The third-order valence-corrected chi connectivity index (χ3v) is 6.01. The van der Waals surface area contributed by atoms with Crippen LogP contribution in [0.25, 0.3) is 0 Å². The number of hydrogen-bond acceptors (Lipinski definition) is 2. The summed E-state index contributed by atoms with van der Waals surface area (Å²) in [4.78, 5) is 0. The van der Waals surface area contributed by atoms with E-state index in [-0.39, 0.29) is 0 Å². The Bertz CT molecular complexity index is 293. The molecule has 0 spiro atoms. The number of fused-ring (bicyclic) bond motifs is 2. The fraction of sp³-hybridized carbons (Fsp3) is 1.00. The summed E-state index contributed by atoms with van der Waals surface area (Å²) in [6.07, 6.45) is 12.3. The summed E-state index contributed by atoms with van der Waals surface area (Å²) in [6, 6.07) is 0.727. The van der Waals surface area contributed by atoms with Gasteiger partial charge in [-0.15, -0.1) is 0 Å². The van der Waals surface area contributed by atoms with Crippen molar-refractivity contribution in [1.29, 1.82) is 0 Å². The van der Waals surface area contributed by atoms with Gasteiger partial charge in [0.25, 0.3) is 0 Å². The van der Waals surface area contributed by atoms with E-state index in [9.17, 15) is 0 Å². The molecule has 6 atom stereocenters. The van der Waals surface area contributed by atoms with Crippen molar-refractivity contribution >= 4 is 0 Å². The van der Waals surface area contributed by atoms with Crippen LogP contribution in [-0.4, -0.2) is 24.8 Å². The largest absolute Gasteiger partial charge is 0.375 e. The Morgan fingerprint density at radius 2 is 1.89 bits per heavy atom. The molecule has 2 bridgehead atoms. The number of rotatable bonds is 5. The minimum Gasteiger partial charge on any atom is -0.375 e. The third-order valence-electron chi connectivity index (χ3n) is 6.01. The molecule has 2 heterocycles. The minimum atomic E-state index is 0.577. The smallest absolute Gasteiger partial charge is 0.0623 e. The molecule has 3 aliphatic rings. The monoisotopic (exact) mass is 265 g/mol. The maximum Gasteiger partial charge on any atom is 0.0623 e. The molecule has 2 aliphatic heterocycles. The maximum atomic E-state index is 6.13. The zero-order valence-corrected chi connectivity index (χ0v) is 12.7. The standard InChI is InChI=1S/C17H31NO/c1-3-12-7-5-6-8-14(12)17(18-4-2)15-11-13-9-10-16(15)19-13/h12-18H,3-11H2,1-2H3. The van der Waals surface area contributed by atoms with Crippen molar-refractivity contribution < 1.29 is 4.74 Å². The molecule has 1 N–H and O–H groups in total. The summed E-state index contributed by atoms with van der Waals surface area (Å²) in [5.41, 5.74) is 0. The van der Waals surface area contributed by atoms with Gasteiger partial charge < -0.3 is 10.1 Å². The molecule has 0 aromatic heterocycles. The second kappa shape index (κ2) is 6.13. The van der Waals surface area contributed by atoms with E-state index in [1.165, 1.54) is 51.4 Å². The topological polar surface area (TPSA) is 21.3 Å². The molecule has 1 saturated carbocycles. The highest BCUT2D eigenvalue weighted by atomic mass is 16.5. The lowest BCUT2D eigenvalue weighted by Gasteiger charge is -2.41. The van der Waals surface area contributed by atoms with Crippen LogP contribution in [-0.2, 0) is 4.74 Å². The molecule has 110 valence electrons. The quantitative estimate of drug-likeness (QED) is 0.817. The summed E-state index contributed by atoms with van der Waals surface area (Å²) in [5.74, 6) is 2.67. The Balaban J connectivity index is 1.72. The van der Waals surface area contributed by atoms with Crippen LogP contribution in [0, 0.1) is 17.8 Å². The average molecular weight is 265 g/mol. The highest BCUT2D eigenvalue weighted by molar-refractivity contribution is 4.99. The molecule has 2 heteroatoms. The fourth-order valence-corrected chi connectivity index (χ4v) is 5.13. The van der Waals surface area contributed by atoms with E-state index in [4.69, 9.17) is 4.74 Å². The van der Waals surface area contributed by atoms with Gasteiger partial charge in [0.15, 0.2) is 0 Å². The summed E-state index contributed by atoms with van der Waals surface area (Å²) < 4.78 is 6.13. The lowest BCUT2D eigenvalue weighted by molar-refractivity contribution is 0.0654. The zero-order chi connectivity index (χ0) is 13.2. The fourth-order valence-electron chi connectivity index (χ4n) is 5.13. The summed E-state index contributed by atoms with van der Waals surface area (Å²) >= 11 is 0. The van der Waals surface area contributed by atoms with Gasteiger partial charge in [0, 0.05) is 12.0 Å². The molecule has 0 aromatic carbocycles. The van der Waals surface area contributed by atoms with Gasteiger partial charge in [-0.2, -0.15) is 0 Å². The highest BCUT2D eigenvalue weighted by Crippen LogP contribution is 2.45. The Morgan fingerprint density at radius 3 is 2.53 bits per heavy atom. The van der Waals surface area contributed by atoms with E-state index < -0.39 is 0 Å². The van der Waals surface area contributed by atoms with Crippen LogP contribution in [0.1, 0.15) is 65.2 Å². The van der Waals surface area contributed by atoms with Crippen molar-refractivity contribution in [2.24, 2.45) is 17.8 Å². The van der Waals surface area contributed by atoms with Crippen molar-refractivity contribution in [3.8, 4) is 0 Å². The molecule has 2 nitrogen and oxygen atoms in total. The van der Waals surface area contributed by atoms with Crippen LogP contribution in [0.15, 0.2) is 0 Å². The van der Waals surface area contributed by atoms with Crippen molar-refractivity contribution in [2.75, 3.05) is 6.54 Å². The van der Waals surface area contributed by atoms with Crippen molar-refractivity contribution in [3.63, 3.8) is 0 Å². The Kier molecular flexibility index (Phi) is 4.48. The van der Waals surface area contributed by atoms with Gasteiger partial charge in [0.05, 0.1) is 12.2 Å². The lowest BCUT2D eigenvalue weighted by Crippen LogP contribution is -2.48. The van der Waals surface area contributed by atoms with Crippen LogP contribution < -0.4 is 5.32 Å². The van der Waals surface area contributed by atoms with E-state index in [2.05, 4.69) is 19.2 Å². The summed E-state index contributed by atoms with van der Waals surface area (Å²) in [6.45, 7) is 5.78. The van der Waals surface area contributed by atoms with Gasteiger partial charge in [-0.25, -0.2) is 0 Å². The second-order valence-electron chi connectivity index (χ2n) is 6.97. The predicted octanol–water partition coefficient (Wildman–Crippen LogP) is 3.75. The lowest BCUT2D eigenvalue weighted by atomic mass is 9.68. The molecule has 3 rings (SSSR count). The van der Waals surface area contributed by atoms with Gasteiger partial charge >= 0.3 is 0 Å². The average Bonchev–Trinajstić information content (AvgIpc) is 3.07. The van der Waals surface area contributed by atoms with Gasteiger partial charge in [0.2, 0.25) is 0 Å². The highest BCUT2D eigenvalue weighted by Gasteiger charge is 2.47. The third kappa shape index (κ3) is 2.71. The number of nitrogens with one attached hydrogen (secondary N) is 1. The van der Waals surface area contributed by atoms with Gasteiger partial charge in [-0.05, 0) is 44.1 Å². The van der Waals surface area contributed by atoms with Crippen molar-refractivity contribution in [3.05, 3.63) is 0 Å². The first-order valence-electron chi connectivity index (χ1n) is 8.72. The zero-order valence-electron chi connectivity index (χ0n) is 12.7. The summed E-state index contributed by atoms with van der Waals surface area (Å²) in [5, 5.41) is 3.86. The Morgan fingerprint density at radius 1 is 1.05 bits per heavy atom. The SMILES string of the molecule is CCNC(C1CCCCC1CC)C1CC2CCC1O2. The molecule has 3 fully saturated rings. The molecule has 2 saturated heterocycles. The first-order valence-corrected chi connectivity index (χ1v) is 8.72. The van der Waals surface area contributed by atoms with Crippen molar-refractivity contribution in [2.45, 2.75) is 83.5 Å². The molecular weight excluding hydrogens is 234 g/mol. The first-order chi connectivity index (χ1) is 9.33. The minimum absolute atomic E-state index is 0.577. The molecule has 1 aliphatic carbocycles. The Hall–Kier alpha value is -0.0800. The van der Waals surface area contributed by atoms with Crippen molar-refractivity contribution in [1.82, 2.24) is 5.32 Å². The van der Waals surface area contributed by atoms with Gasteiger partial charge in [-0.3, -0.25) is 0 Å². The number of ether oxygens (including phenoxy) is 1. The predicted molar refractivity (Wildman–Crippen MR) is 79.2 cm³/mol. The van der Waals surface area contributed by atoms with E-state index in [0.717, 1.165) is 30.3 Å². The molecule has 0 aromatic rings. The van der Waals surface area contributed by atoms with Crippen LogP contribution in [0.3, 0.4) is 0 Å². The van der Waals surface area contributed by atoms with Crippen LogP contribution in [0.4, 0.5) is 0 Å². The summed E-state index contributed by atoms with van der Waals surface area (Å²) in [7, 11) is 0.